The van der Waals surface area contributed by atoms with Crippen molar-refractivity contribution in [1.82, 2.24) is 15.2 Å². The third-order valence-corrected chi connectivity index (χ3v) is 6.10. The maximum absolute atomic E-state index is 10.6. The zero-order valence-corrected chi connectivity index (χ0v) is 19.9. The van der Waals surface area contributed by atoms with E-state index in [0.29, 0.717) is 6.61 Å². The monoisotopic (exact) mass is 560 g/mol. The molecular weight excluding hydrogens is 538 g/mol. The zero-order chi connectivity index (χ0) is 27.9. The van der Waals surface area contributed by atoms with Crippen LogP contribution in [0.15, 0.2) is 24.5 Å². The van der Waals surface area contributed by atoms with Crippen LogP contribution in [0.3, 0.4) is 0 Å². The van der Waals surface area contributed by atoms with Crippen LogP contribution in [0.1, 0.15) is 17.8 Å². The number of piperidine rings is 1. The summed E-state index contributed by atoms with van der Waals surface area (Å²) in [5, 5.41) is 24.7. The lowest BCUT2D eigenvalue weighted by molar-refractivity contribution is -0.193. The number of nitrogens with zero attached hydrogens (tertiary/aromatic N) is 4. The first-order valence-corrected chi connectivity index (χ1v) is 11.3. The van der Waals surface area contributed by atoms with E-state index in [2.05, 4.69) is 20.1 Å². The average molecular weight is 560 g/mol. The lowest BCUT2D eigenvalue weighted by Gasteiger charge is -2.43. The molecule has 4 rings (SSSR count). The Hall–Kier alpha value is -3.21. The van der Waals surface area contributed by atoms with Gasteiger partial charge in [0, 0.05) is 25.9 Å². The fourth-order valence-electron chi connectivity index (χ4n) is 3.49. The van der Waals surface area contributed by atoms with E-state index in [1.54, 1.807) is 23.7 Å². The molecule has 10 nitrogen and oxygen atoms in total. The average Bonchev–Trinajstić information content (AvgIpc) is 3.44. The van der Waals surface area contributed by atoms with Gasteiger partial charge in [-0.2, -0.15) is 26.3 Å². The van der Waals surface area contributed by atoms with Crippen LogP contribution >= 0.6 is 11.3 Å². The van der Waals surface area contributed by atoms with Gasteiger partial charge in [-0.3, -0.25) is 4.98 Å². The summed E-state index contributed by atoms with van der Waals surface area (Å²) in [6.45, 7) is 5.33. The Balaban J connectivity index is 0.000000286. The number of fused-ring (bicyclic) bond motifs is 1. The van der Waals surface area contributed by atoms with Gasteiger partial charge < -0.3 is 24.6 Å². The van der Waals surface area contributed by atoms with Crippen molar-refractivity contribution in [3.8, 4) is 5.75 Å². The third kappa shape index (κ3) is 8.99. The van der Waals surface area contributed by atoms with Crippen LogP contribution in [-0.2, 0) is 14.3 Å². The molecule has 2 N–H and O–H groups in total. The molecule has 0 spiro atoms. The first-order chi connectivity index (χ1) is 17.1. The van der Waals surface area contributed by atoms with Gasteiger partial charge in [0.1, 0.15) is 10.8 Å². The fourth-order valence-corrected chi connectivity index (χ4v) is 4.20. The number of carboxylic acids is 2. The van der Waals surface area contributed by atoms with E-state index >= 15 is 0 Å². The standard InChI is InChI=1S/C16H20N4O2S.2C2HF3O2/c1-12-18-19-15(23-12)20-7-4-14-16(10-20,5-8-21-14)11-22-13-3-2-6-17-9-13;2*3-2(4,5)1(6)7/h2-3,6,9,14H,4-5,7-8,10-11H2,1H3;2*(H,6,7)/t14-,16+;;/m1../s1. The number of hydrogen-bond acceptors (Lipinski definition) is 9. The van der Waals surface area contributed by atoms with Crippen molar-refractivity contribution in [2.75, 3.05) is 31.2 Å². The van der Waals surface area contributed by atoms with E-state index in [1.165, 1.54) is 0 Å². The summed E-state index contributed by atoms with van der Waals surface area (Å²) >= 11 is 1.65. The van der Waals surface area contributed by atoms with Gasteiger partial charge in [0.25, 0.3) is 0 Å². The van der Waals surface area contributed by atoms with Crippen LogP contribution < -0.4 is 9.64 Å². The molecule has 2 fully saturated rings. The van der Waals surface area contributed by atoms with Gasteiger partial charge in [0.05, 0.1) is 24.3 Å². The predicted octanol–water partition coefficient (Wildman–Crippen LogP) is 3.57. The first-order valence-electron chi connectivity index (χ1n) is 10.4. The maximum atomic E-state index is 10.6. The number of anilines is 1. The topological polar surface area (TPSA) is 135 Å². The van der Waals surface area contributed by atoms with Crippen molar-refractivity contribution in [3.05, 3.63) is 29.5 Å². The molecule has 2 aromatic heterocycles. The summed E-state index contributed by atoms with van der Waals surface area (Å²) in [6, 6.07) is 3.84. The van der Waals surface area contributed by atoms with Gasteiger partial charge >= 0.3 is 24.3 Å². The minimum Gasteiger partial charge on any atom is -0.491 e. The molecule has 37 heavy (non-hydrogen) atoms. The van der Waals surface area contributed by atoms with E-state index in [0.717, 1.165) is 48.4 Å². The number of ether oxygens (including phenoxy) is 2. The Kier molecular flexibility index (Phi) is 10.0. The molecule has 2 atom stereocenters. The highest BCUT2D eigenvalue weighted by Crippen LogP contribution is 2.42. The summed E-state index contributed by atoms with van der Waals surface area (Å²) in [6.07, 6.45) is -4.35. The molecule has 4 heterocycles. The van der Waals surface area contributed by atoms with Crippen LogP contribution in [0.4, 0.5) is 31.5 Å². The lowest BCUT2D eigenvalue weighted by Crippen LogP contribution is -2.52. The van der Waals surface area contributed by atoms with Crippen molar-refractivity contribution in [1.29, 1.82) is 0 Å². The Morgan fingerprint density at radius 3 is 2.30 bits per heavy atom. The van der Waals surface area contributed by atoms with Crippen molar-refractivity contribution in [3.63, 3.8) is 0 Å². The molecule has 2 saturated heterocycles. The van der Waals surface area contributed by atoms with E-state index in [4.69, 9.17) is 29.3 Å². The molecule has 0 aliphatic carbocycles. The lowest BCUT2D eigenvalue weighted by atomic mass is 9.77. The number of carboxylic acid groups (broad SMARTS) is 2. The molecule has 0 bridgehead atoms. The molecule has 206 valence electrons. The van der Waals surface area contributed by atoms with Gasteiger partial charge in [0.2, 0.25) is 5.13 Å². The Morgan fingerprint density at radius 2 is 1.81 bits per heavy atom. The number of carbonyl (C=O) groups is 2. The summed E-state index contributed by atoms with van der Waals surface area (Å²) in [5.74, 6) is -4.70. The van der Waals surface area contributed by atoms with Crippen LogP contribution in [0, 0.1) is 12.3 Å². The van der Waals surface area contributed by atoms with E-state index in [9.17, 15) is 26.3 Å². The van der Waals surface area contributed by atoms with Crippen LogP contribution in [0.25, 0.3) is 0 Å². The number of hydrogen-bond donors (Lipinski definition) is 2. The van der Waals surface area contributed by atoms with Gasteiger partial charge in [-0.15, -0.1) is 10.2 Å². The summed E-state index contributed by atoms with van der Waals surface area (Å²) < 4.78 is 75.5. The highest BCUT2D eigenvalue weighted by atomic mass is 32.1. The minimum absolute atomic E-state index is 0.0215. The van der Waals surface area contributed by atoms with Gasteiger partial charge in [-0.1, -0.05) is 11.3 Å². The highest BCUT2D eigenvalue weighted by Gasteiger charge is 2.49. The number of pyridine rings is 1. The number of aliphatic carboxylic acids is 2. The number of alkyl halides is 6. The quantitative estimate of drug-likeness (QED) is 0.535. The van der Waals surface area contributed by atoms with Gasteiger partial charge in [-0.05, 0) is 31.9 Å². The molecule has 2 aliphatic rings. The summed E-state index contributed by atoms with van der Waals surface area (Å²) in [5.41, 5.74) is 0.0215. The molecule has 0 unspecified atom stereocenters. The molecule has 2 aliphatic heterocycles. The van der Waals surface area contributed by atoms with Crippen molar-refractivity contribution in [2.45, 2.75) is 38.2 Å². The van der Waals surface area contributed by atoms with Crippen molar-refractivity contribution in [2.24, 2.45) is 5.41 Å². The predicted molar refractivity (Wildman–Crippen MR) is 115 cm³/mol. The summed E-state index contributed by atoms with van der Waals surface area (Å²) in [4.78, 5) is 24.2. The van der Waals surface area contributed by atoms with E-state index < -0.39 is 24.3 Å². The van der Waals surface area contributed by atoms with Crippen LogP contribution in [0.5, 0.6) is 5.75 Å². The Morgan fingerprint density at radius 1 is 1.19 bits per heavy atom. The molecular formula is C20H22F6N4O6S. The number of aryl methyl sites for hydroxylation is 1. The van der Waals surface area contributed by atoms with Crippen molar-refractivity contribution >= 4 is 28.4 Å². The van der Waals surface area contributed by atoms with Crippen LogP contribution in [-0.4, -0.2) is 82.1 Å². The summed E-state index contributed by atoms with van der Waals surface area (Å²) in [7, 11) is 0. The van der Waals surface area contributed by atoms with Crippen molar-refractivity contribution < 1.29 is 55.6 Å². The normalized spacial score (nSPS) is 21.1. The number of aromatic nitrogens is 3. The SMILES string of the molecule is Cc1nnc(N2CC[C@H]3OCC[C@@]3(COc3cccnc3)C2)s1.O=C(O)C(F)(F)F.O=C(O)C(F)(F)F. The van der Waals surface area contributed by atoms with Gasteiger partial charge in [0.15, 0.2) is 0 Å². The molecule has 0 radical (unpaired) electrons. The third-order valence-electron chi connectivity index (χ3n) is 5.20. The molecule has 0 amide bonds. The molecule has 17 heteroatoms. The number of halogens is 6. The van der Waals surface area contributed by atoms with E-state index in [1.807, 2.05) is 19.1 Å². The first kappa shape index (κ1) is 30.0. The van der Waals surface area contributed by atoms with E-state index in [-0.39, 0.29) is 11.5 Å². The Labute approximate surface area is 209 Å². The Bertz CT molecular complexity index is 1010. The largest absolute Gasteiger partial charge is 0.491 e. The molecule has 2 aromatic rings. The molecule has 0 aromatic carbocycles. The second-order valence-electron chi connectivity index (χ2n) is 7.87. The van der Waals surface area contributed by atoms with Crippen LogP contribution in [0.2, 0.25) is 0 Å². The van der Waals surface area contributed by atoms with Gasteiger partial charge in [-0.25, -0.2) is 9.59 Å². The molecule has 0 saturated carbocycles. The second-order valence-corrected chi connectivity index (χ2v) is 9.03. The maximum Gasteiger partial charge on any atom is 0.490 e. The highest BCUT2D eigenvalue weighted by molar-refractivity contribution is 7.15. The smallest absolute Gasteiger partial charge is 0.490 e. The fraction of sp³-hybridized carbons (Fsp3) is 0.550. The second kappa shape index (κ2) is 12.4. The minimum atomic E-state index is -5.08. The zero-order valence-electron chi connectivity index (χ0n) is 19.1. The number of rotatable bonds is 4.